The average molecular weight is 356 g/mol. The summed E-state index contributed by atoms with van der Waals surface area (Å²) in [6.07, 6.45) is 5.77. The Bertz CT molecular complexity index is 845. The van der Waals surface area contributed by atoms with Crippen molar-refractivity contribution in [1.29, 1.82) is 0 Å². The zero-order valence-corrected chi connectivity index (χ0v) is 14.7. The van der Waals surface area contributed by atoms with Crippen LogP contribution in [0.5, 0.6) is 5.75 Å². The summed E-state index contributed by atoms with van der Waals surface area (Å²) in [4.78, 5) is 18.8. The van der Waals surface area contributed by atoms with Gasteiger partial charge in [0.1, 0.15) is 17.8 Å². The molecule has 1 saturated heterocycles. The molecule has 5 nitrogen and oxygen atoms in total. The van der Waals surface area contributed by atoms with E-state index < -0.39 is 0 Å². The number of oxazole rings is 1. The lowest BCUT2D eigenvalue weighted by atomic mass is 9.83. The maximum Gasteiger partial charge on any atom is 0.275 e. The first kappa shape index (κ1) is 16.8. The van der Waals surface area contributed by atoms with Gasteiger partial charge in [0.25, 0.3) is 5.91 Å². The van der Waals surface area contributed by atoms with Crippen LogP contribution in [0.4, 0.5) is 4.39 Å². The molecule has 2 aliphatic rings. The number of carbonyl (C=O) groups is 1. The van der Waals surface area contributed by atoms with E-state index in [0.717, 1.165) is 25.9 Å². The second kappa shape index (κ2) is 6.94. The molecule has 1 fully saturated rings. The van der Waals surface area contributed by atoms with Crippen molar-refractivity contribution < 1.29 is 18.3 Å². The van der Waals surface area contributed by atoms with E-state index >= 15 is 0 Å². The molecule has 26 heavy (non-hydrogen) atoms. The van der Waals surface area contributed by atoms with Gasteiger partial charge in [-0.3, -0.25) is 4.79 Å². The molecule has 136 valence electrons. The topological polar surface area (TPSA) is 55.6 Å². The Labute approximate surface area is 151 Å². The molecule has 1 aliphatic carbocycles. The van der Waals surface area contributed by atoms with Gasteiger partial charge in [-0.2, -0.15) is 0 Å². The Morgan fingerprint density at radius 3 is 3.08 bits per heavy atom. The third-order valence-corrected chi connectivity index (χ3v) is 5.15. The SMILES string of the molecule is CC1=CC[C@@H]2CN(C(=O)c3coc(COc4cccc(F)c4)n3)C[C@@H]2C1. The van der Waals surface area contributed by atoms with Crippen LogP contribution in [0, 0.1) is 17.7 Å². The van der Waals surface area contributed by atoms with E-state index in [0.29, 0.717) is 29.2 Å². The van der Waals surface area contributed by atoms with Crippen molar-refractivity contribution in [2.75, 3.05) is 13.1 Å². The van der Waals surface area contributed by atoms with Crippen LogP contribution in [0.25, 0.3) is 0 Å². The van der Waals surface area contributed by atoms with Crippen LogP contribution in [-0.2, 0) is 6.61 Å². The van der Waals surface area contributed by atoms with Crippen molar-refractivity contribution in [3.8, 4) is 5.75 Å². The minimum Gasteiger partial charge on any atom is -0.484 e. The van der Waals surface area contributed by atoms with Crippen LogP contribution < -0.4 is 4.74 Å². The molecule has 1 aliphatic heterocycles. The van der Waals surface area contributed by atoms with E-state index in [4.69, 9.17) is 9.15 Å². The van der Waals surface area contributed by atoms with Gasteiger partial charge >= 0.3 is 0 Å². The predicted molar refractivity (Wildman–Crippen MR) is 93.1 cm³/mol. The normalized spacial score (nSPS) is 22.1. The Kier molecular flexibility index (Phi) is 4.49. The number of rotatable bonds is 4. The van der Waals surface area contributed by atoms with Crippen LogP contribution in [0.2, 0.25) is 0 Å². The molecule has 2 atom stereocenters. The Morgan fingerprint density at radius 2 is 2.23 bits per heavy atom. The third kappa shape index (κ3) is 3.49. The molecular weight excluding hydrogens is 335 g/mol. The zero-order chi connectivity index (χ0) is 18.1. The van der Waals surface area contributed by atoms with Crippen LogP contribution in [0.3, 0.4) is 0 Å². The summed E-state index contributed by atoms with van der Waals surface area (Å²) in [5.74, 6) is 1.31. The van der Waals surface area contributed by atoms with E-state index in [9.17, 15) is 9.18 Å². The van der Waals surface area contributed by atoms with E-state index in [-0.39, 0.29) is 18.3 Å². The Balaban J connectivity index is 1.36. The number of fused-ring (bicyclic) bond motifs is 1. The summed E-state index contributed by atoms with van der Waals surface area (Å²) in [5, 5.41) is 0. The Morgan fingerprint density at radius 1 is 1.38 bits per heavy atom. The number of carbonyl (C=O) groups excluding carboxylic acids is 1. The molecule has 0 saturated carbocycles. The third-order valence-electron chi connectivity index (χ3n) is 5.15. The first-order valence-electron chi connectivity index (χ1n) is 8.86. The second-order valence-electron chi connectivity index (χ2n) is 7.09. The standard InChI is InChI=1S/C20H21FN2O3/c1-13-5-6-14-9-23(10-15(14)7-13)20(24)18-11-26-19(22-18)12-25-17-4-2-3-16(21)8-17/h2-5,8,11,14-15H,6-7,9-10,12H2,1H3/t14-,15+/m1/s1. The number of hydrogen-bond donors (Lipinski definition) is 0. The lowest BCUT2D eigenvalue weighted by molar-refractivity contribution is 0.0778. The van der Waals surface area contributed by atoms with Crippen LogP contribution in [-0.4, -0.2) is 28.9 Å². The molecular formula is C20H21FN2O3. The van der Waals surface area contributed by atoms with Gasteiger partial charge in [0.05, 0.1) is 0 Å². The molecule has 6 heteroatoms. The highest BCUT2D eigenvalue weighted by Gasteiger charge is 2.37. The van der Waals surface area contributed by atoms with Gasteiger partial charge in [-0.15, -0.1) is 0 Å². The van der Waals surface area contributed by atoms with Crippen molar-refractivity contribution in [2.24, 2.45) is 11.8 Å². The number of halogens is 1. The van der Waals surface area contributed by atoms with Crippen molar-refractivity contribution in [2.45, 2.75) is 26.4 Å². The molecule has 0 spiro atoms. The molecule has 1 aromatic carbocycles. The largest absolute Gasteiger partial charge is 0.484 e. The number of amides is 1. The van der Waals surface area contributed by atoms with E-state index in [2.05, 4.69) is 18.0 Å². The van der Waals surface area contributed by atoms with Gasteiger partial charge in [0.15, 0.2) is 12.3 Å². The first-order valence-corrected chi connectivity index (χ1v) is 8.86. The minimum absolute atomic E-state index is 0.0467. The van der Waals surface area contributed by atoms with E-state index in [1.54, 1.807) is 12.1 Å². The highest BCUT2D eigenvalue weighted by Crippen LogP contribution is 2.36. The van der Waals surface area contributed by atoms with E-state index in [1.165, 1.54) is 24.0 Å². The summed E-state index contributed by atoms with van der Waals surface area (Å²) in [7, 11) is 0. The quantitative estimate of drug-likeness (QED) is 0.782. The number of aromatic nitrogens is 1. The van der Waals surface area contributed by atoms with Crippen molar-refractivity contribution in [3.63, 3.8) is 0 Å². The minimum atomic E-state index is -0.369. The average Bonchev–Trinajstić information content (AvgIpc) is 3.26. The number of benzene rings is 1. The fourth-order valence-electron chi connectivity index (χ4n) is 3.79. The maximum atomic E-state index is 13.2. The van der Waals surface area contributed by atoms with Crippen LogP contribution >= 0.6 is 0 Å². The van der Waals surface area contributed by atoms with Crippen molar-refractivity contribution >= 4 is 5.91 Å². The summed E-state index contributed by atoms with van der Waals surface area (Å²) in [6, 6.07) is 5.86. The molecule has 1 aromatic heterocycles. The molecule has 4 rings (SSSR count). The fourth-order valence-corrected chi connectivity index (χ4v) is 3.79. The van der Waals surface area contributed by atoms with Gasteiger partial charge in [-0.05, 0) is 43.7 Å². The lowest BCUT2D eigenvalue weighted by Gasteiger charge is -2.21. The van der Waals surface area contributed by atoms with Gasteiger partial charge in [-0.1, -0.05) is 17.7 Å². The second-order valence-corrected chi connectivity index (χ2v) is 7.09. The first-order chi connectivity index (χ1) is 12.6. The molecule has 2 aromatic rings. The number of likely N-dealkylation sites (tertiary alicyclic amines) is 1. The number of hydrogen-bond acceptors (Lipinski definition) is 4. The van der Waals surface area contributed by atoms with Crippen LogP contribution in [0.15, 0.2) is 46.6 Å². The maximum absolute atomic E-state index is 13.2. The lowest BCUT2D eigenvalue weighted by Crippen LogP contribution is -2.29. The highest BCUT2D eigenvalue weighted by molar-refractivity contribution is 5.92. The molecule has 0 N–H and O–H groups in total. The van der Waals surface area contributed by atoms with Gasteiger partial charge in [0.2, 0.25) is 5.89 Å². The van der Waals surface area contributed by atoms with Gasteiger partial charge in [0, 0.05) is 19.2 Å². The summed E-state index contributed by atoms with van der Waals surface area (Å²) >= 11 is 0. The molecule has 0 radical (unpaired) electrons. The fraction of sp³-hybridized carbons (Fsp3) is 0.400. The van der Waals surface area contributed by atoms with Crippen molar-refractivity contribution in [3.05, 3.63) is 59.6 Å². The highest BCUT2D eigenvalue weighted by atomic mass is 19.1. The zero-order valence-electron chi connectivity index (χ0n) is 14.7. The van der Waals surface area contributed by atoms with Crippen LogP contribution in [0.1, 0.15) is 36.1 Å². The molecule has 2 heterocycles. The summed E-state index contributed by atoms with van der Waals surface area (Å²) < 4.78 is 24.0. The summed E-state index contributed by atoms with van der Waals surface area (Å²) in [5.41, 5.74) is 1.71. The van der Waals surface area contributed by atoms with Gasteiger partial charge < -0.3 is 14.1 Å². The van der Waals surface area contributed by atoms with Crippen molar-refractivity contribution in [1.82, 2.24) is 9.88 Å². The summed E-state index contributed by atoms with van der Waals surface area (Å²) in [6.45, 7) is 3.75. The number of allylic oxidation sites excluding steroid dienone is 2. The molecule has 1 amide bonds. The predicted octanol–water partition coefficient (Wildman–Crippen LogP) is 3.82. The molecule has 0 unspecified atom stereocenters. The molecule has 0 bridgehead atoms. The Hall–Kier alpha value is -2.63. The number of nitrogens with zero attached hydrogens (tertiary/aromatic N) is 2. The monoisotopic (exact) mass is 356 g/mol. The number of ether oxygens (including phenoxy) is 1. The van der Waals surface area contributed by atoms with Gasteiger partial charge in [-0.25, -0.2) is 9.37 Å². The smallest absolute Gasteiger partial charge is 0.275 e. The van der Waals surface area contributed by atoms with E-state index in [1.807, 2.05) is 4.90 Å².